The van der Waals surface area contributed by atoms with Gasteiger partial charge in [0.15, 0.2) is 0 Å². The standard InChI is InChI=1S/C17H34N2O3/c1-4-11-16(20)18-12-9-7-5-6-8-10-13-19-17(21)14-22-15(2)3/h15H,4-14H2,1-3H3,(H,18,20)(H,19,21). The smallest absolute Gasteiger partial charge is 0.246 e. The molecule has 0 aromatic carbocycles. The highest BCUT2D eigenvalue weighted by Crippen LogP contribution is 2.04. The summed E-state index contributed by atoms with van der Waals surface area (Å²) in [6.07, 6.45) is 8.36. The second-order valence-corrected chi connectivity index (χ2v) is 5.93. The molecule has 130 valence electrons. The molecule has 5 heteroatoms. The number of ether oxygens (including phenoxy) is 1. The zero-order valence-corrected chi connectivity index (χ0v) is 14.6. The Morgan fingerprint density at radius 2 is 1.36 bits per heavy atom. The van der Waals surface area contributed by atoms with Gasteiger partial charge >= 0.3 is 0 Å². The highest BCUT2D eigenvalue weighted by atomic mass is 16.5. The van der Waals surface area contributed by atoms with Gasteiger partial charge in [-0.2, -0.15) is 0 Å². The summed E-state index contributed by atoms with van der Waals surface area (Å²) in [5.41, 5.74) is 0. The number of hydrogen-bond acceptors (Lipinski definition) is 3. The van der Waals surface area contributed by atoms with Crippen molar-refractivity contribution in [2.75, 3.05) is 19.7 Å². The van der Waals surface area contributed by atoms with Crippen LogP contribution in [0.15, 0.2) is 0 Å². The fourth-order valence-corrected chi connectivity index (χ4v) is 2.02. The van der Waals surface area contributed by atoms with Crippen LogP contribution in [0.4, 0.5) is 0 Å². The van der Waals surface area contributed by atoms with Crippen molar-refractivity contribution in [3.8, 4) is 0 Å². The SMILES string of the molecule is CCCC(=O)NCCCCCCCCNC(=O)COC(C)C. The number of unbranched alkanes of at least 4 members (excludes halogenated alkanes) is 5. The van der Waals surface area contributed by atoms with Crippen LogP contribution in [-0.2, 0) is 14.3 Å². The lowest BCUT2D eigenvalue weighted by atomic mass is 10.1. The second-order valence-electron chi connectivity index (χ2n) is 5.93. The quantitative estimate of drug-likeness (QED) is 0.484. The van der Waals surface area contributed by atoms with Crippen molar-refractivity contribution in [2.24, 2.45) is 0 Å². The van der Waals surface area contributed by atoms with E-state index in [0.29, 0.717) is 6.42 Å². The van der Waals surface area contributed by atoms with E-state index >= 15 is 0 Å². The van der Waals surface area contributed by atoms with Gasteiger partial charge < -0.3 is 15.4 Å². The molecule has 0 rings (SSSR count). The van der Waals surface area contributed by atoms with Crippen LogP contribution in [-0.4, -0.2) is 37.6 Å². The van der Waals surface area contributed by atoms with Crippen LogP contribution in [0.5, 0.6) is 0 Å². The van der Waals surface area contributed by atoms with Crippen molar-refractivity contribution < 1.29 is 14.3 Å². The molecule has 0 aliphatic carbocycles. The lowest BCUT2D eigenvalue weighted by Gasteiger charge is -2.08. The van der Waals surface area contributed by atoms with Gasteiger partial charge in [0.1, 0.15) is 6.61 Å². The molecule has 0 fully saturated rings. The normalized spacial score (nSPS) is 10.7. The average Bonchev–Trinajstić information content (AvgIpc) is 2.47. The van der Waals surface area contributed by atoms with Crippen molar-refractivity contribution in [1.29, 1.82) is 0 Å². The number of carbonyl (C=O) groups excluding carboxylic acids is 2. The van der Waals surface area contributed by atoms with E-state index in [2.05, 4.69) is 10.6 Å². The van der Waals surface area contributed by atoms with Crippen molar-refractivity contribution in [1.82, 2.24) is 10.6 Å². The first-order valence-corrected chi connectivity index (χ1v) is 8.71. The van der Waals surface area contributed by atoms with E-state index in [1.807, 2.05) is 20.8 Å². The molecule has 2 amide bonds. The molecule has 0 aromatic heterocycles. The number of rotatable bonds is 14. The van der Waals surface area contributed by atoms with E-state index < -0.39 is 0 Å². The van der Waals surface area contributed by atoms with E-state index in [9.17, 15) is 9.59 Å². The van der Waals surface area contributed by atoms with Gasteiger partial charge in [0, 0.05) is 19.5 Å². The Morgan fingerprint density at radius 1 is 0.864 bits per heavy atom. The van der Waals surface area contributed by atoms with Crippen LogP contribution in [0.2, 0.25) is 0 Å². The molecular weight excluding hydrogens is 280 g/mol. The molecule has 0 radical (unpaired) electrons. The molecule has 22 heavy (non-hydrogen) atoms. The van der Waals surface area contributed by atoms with Crippen LogP contribution < -0.4 is 10.6 Å². The molecule has 0 saturated heterocycles. The Morgan fingerprint density at radius 3 is 1.86 bits per heavy atom. The van der Waals surface area contributed by atoms with Gasteiger partial charge in [-0.05, 0) is 33.1 Å². The highest BCUT2D eigenvalue weighted by Gasteiger charge is 2.02. The summed E-state index contributed by atoms with van der Waals surface area (Å²) in [5.74, 6) is 0.135. The summed E-state index contributed by atoms with van der Waals surface area (Å²) >= 11 is 0. The Labute approximate surface area is 135 Å². The molecule has 0 aliphatic rings. The molecule has 0 atom stereocenters. The van der Waals surface area contributed by atoms with Crippen LogP contribution in [0.25, 0.3) is 0 Å². The number of amides is 2. The van der Waals surface area contributed by atoms with E-state index in [-0.39, 0.29) is 24.5 Å². The molecule has 0 saturated carbocycles. The largest absolute Gasteiger partial charge is 0.369 e. The minimum absolute atomic E-state index is 0.0310. The molecule has 0 bridgehead atoms. The lowest BCUT2D eigenvalue weighted by Crippen LogP contribution is -2.29. The lowest BCUT2D eigenvalue weighted by molar-refractivity contribution is -0.127. The summed E-state index contributed by atoms with van der Waals surface area (Å²) < 4.78 is 5.23. The van der Waals surface area contributed by atoms with E-state index in [0.717, 1.165) is 45.2 Å². The Hall–Kier alpha value is -1.10. The summed E-state index contributed by atoms with van der Waals surface area (Å²) in [6.45, 7) is 7.53. The summed E-state index contributed by atoms with van der Waals surface area (Å²) in [6, 6.07) is 0. The van der Waals surface area contributed by atoms with E-state index in [4.69, 9.17) is 4.74 Å². The van der Waals surface area contributed by atoms with Gasteiger partial charge in [-0.25, -0.2) is 0 Å². The number of carbonyl (C=O) groups is 2. The van der Waals surface area contributed by atoms with Gasteiger partial charge in [0.25, 0.3) is 0 Å². The summed E-state index contributed by atoms with van der Waals surface area (Å²) in [4.78, 5) is 22.6. The number of nitrogens with one attached hydrogen (secondary N) is 2. The monoisotopic (exact) mass is 314 g/mol. The predicted molar refractivity (Wildman–Crippen MR) is 89.7 cm³/mol. The third-order valence-corrected chi connectivity index (χ3v) is 3.27. The van der Waals surface area contributed by atoms with Gasteiger partial charge in [-0.1, -0.05) is 32.6 Å². The summed E-state index contributed by atoms with van der Waals surface area (Å²) in [5, 5.41) is 5.79. The second kappa shape index (κ2) is 14.8. The molecule has 0 spiro atoms. The van der Waals surface area contributed by atoms with E-state index in [1.54, 1.807) is 0 Å². The molecule has 0 unspecified atom stereocenters. The predicted octanol–water partition coefficient (Wildman–Crippen LogP) is 2.78. The summed E-state index contributed by atoms with van der Waals surface area (Å²) in [7, 11) is 0. The Bertz CT molecular complexity index is 294. The van der Waals surface area contributed by atoms with Crippen LogP contribution in [0.1, 0.15) is 72.1 Å². The Balaban J connectivity index is 3.20. The first-order valence-electron chi connectivity index (χ1n) is 8.71. The zero-order chi connectivity index (χ0) is 16.6. The molecule has 0 heterocycles. The number of hydrogen-bond donors (Lipinski definition) is 2. The van der Waals surface area contributed by atoms with E-state index in [1.165, 1.54) is 12.8 Å². The molecule has 0 aromatic rings. The van der Waals surface area contributed by atoms with Gasteiger partial charge in [-0.3, -0.25) is 9.59 Å². The fourth-order valence-electron chi connectivity index (χ4n) is 2.02. The Kier molecular flexibility index (Phi) is 14.1. The van der Waals surface area contributed by atoms with Crippen LogP contribution >= 0.6 is 0 Å². The third-order valence-electron chi connectivity index (χ3n) is 3.27. The minimum atomic E-state index is -0.0310. The molecular formula is C17H34N2O3. The first kappa shape index (κ1) is 20.9. The maximum Gasteiger partial charge on any atom is 0.246 e. The molecule has 2 N–H and O–H groups in total. The van der Waals surface area contributed by atoms with Crippen molar-refractivity contribution in [2.45, 2.75) is 78.2 Å². The van der Waals surface area contributed by atoms with Crippen LogP contribution in [0, 0.1) is 0 Å². The first-order chi connectivity index (χ1) is 10.6. The van der Waals surface area contributed by atoms with Gasteiger partial charge in [0.05, 0.1) is 6.10 Å². The van der Waals surface area contributed by atoms with Crippen molar-refractivity contribution in [3.63, 3.8) is 0 Å². The van der Waals surface area contributed by atoms with Crippen molar-refractivity contribution >= 4 is 11.8 Å². The topological polar surface area (TPSA) is 67.4 Å². The maximum atomic E-state index is 11.4. The third kappa shape index (κ3) is 15.3. The zero-order valence-electron chi connectivity index (χ0n) is 14.6. The molecule has 5 nitrogen and oxygen atoms in total. The van der Waals surface area contributed by atoms with Crippen molar-refractivity contribution in [3.05, 3.63) is 0 Å². The molecule has 0 aliphatic heterocycles. The minimum Gasteiger partial charge on any atom is -0.369 e. The maximum absolute atomic E-state index is 11.4. The van der Waals surface area contributed by atoms with Gasteiger partial charge in [0.2, 0.25) is 11.8 Å². The average molecular weight is 314 g/mol. The highest BCUT2D eigenvalue weighted by molar-refractivity contribution is 5.77. The van der Waals surface area contributed by atoms with Gasteiger partial charge in [-0.15, -0.1) is 0 Å². The fraction of sp³-hybridized carbons (Fsp3) is 0.882. The van der Waals surface area contributed by atoms with Crippen LogP contribution in [0.3, 0.4) is 0 Å².